The molecule has 3 nitrogen and oxygen atoms in total. The van der Waals surface area contributed by atoms with Gasteiger partial charge in [-0.1, -0.05) is 0 Å². The zero-order valence-corrected chi connectivity index (χ0v) is 8.27. The van der Waals surface area contributed by atoms with E-state index in [1.54, 1.807) is 0 Å². The van der Waals surface area contributed by atoms with Gasteiger partial charge in [0.15, 0.2) is 0 Å². The van der Waals surface area contributed by atoms with Crippen LogP contribution in [0.15, 0.2) is 12.3 Å². The lowest BCUT2D eigenvalue weighted by molar-refractivity contribution is 0.0999. The molecule has 0 spiro atoms. The van der Waals surface area contributed by atoms with Crippen molar-refractivity contribution in [3.05, 3.63) is 29.1 Å². The van der Waals surface area contributed by atoms with E-state index in [0.717, 1.165) is 0 Å². The quantitative estimate of drug-likeness (QED) is 0.786. The van der Waals surface area contributed by atoms with Gasteiger partial charge in [-0.25, -0.2) is 0 Å². The van der Waals surface area contributed by atoms with Gasteiger partial charge >= 0.3 is 0 Å². The molecule has 1 heterocycles. The first kappa shape index (κ1) is 10.3. The van der Waals surface area contributed by atoms with Crippen LogP contribution in [0.2, 0.25) is 0 Å². The molecule has 1 aromatic heterocycles. The number of nitrogens with zero attached hydrogens (tertiary/aromatic N) is 1. The highest BCUT2D eigenvalue weighted by Crippen LogP contribution is 2.16. The number of amides is 1. The van der Waals surface area contributed by atoms with Crippen molar-refractivity contribution in [2.75, 3.05) is 0 Å². The molecule has 0 fully saturated rings. The van der Waals surface area contributed by atoms with Crippen molar-refractivity contribution < 1.29 is 4.79 Å². The summed E-state index contributed by atoms with van der Waals surface area (Å²) < 4.78 is 0. The number of alkyl halides is 2. The molecule has 0 aromatic carbocycles. The summed E-state index contributed by atoms with van der Waals surface area (Å²) in [6.07, 6.45) is 1.49. The largest absolute Gasteiger partial charge is 0.366 e. The van der Waals surface area contributed by atoms with Crippen LogP contribution >= 0.6 is 23.2 Å². The molecule has 0 radical (unpaired) electrons. The van der Waals surface area contributed by atoms with Crippen LogP contribution in [-0.4, -0.2) is 10.9 Å². The first-order valence-corrected chi connectivity index (χ1v) is 4.66. The van der Waals surface area contributed by atoms with E-state index in [1.165, 1.54) is 12.3 Å². The maximum Gasteiger partial charge on any atom is 0.249 e. The molecule has 5 heteroatoms. The smallest absolute Gasteiger partial charge is 0.249 e. The molecule has 0 unspecified atom stereocenters. The van der Waals surface area contributed by atoms with Crippen LogP contribution in [0.25, 0.3) is 0 Å². The van der Waals surface area contributed by atoms with Crippen LogP contribution in [0.1, 0.15) is 21.6 Å². The first-order chi connectivity index (χ1) is 6.20. The van der Waals surface area contributed by atoms with E-state index in [2.05, 4.69) is 4.98 Å². The number of aromatic nitrogens is 1. The third kappa shape index (κ3) is 2.11. The van der Waals surface area contributed by atoms with E-state index in [0.29, 0.717) is 16.8 Å². The maximum absolute atomic E-state index is 10.9. The molecule has 0 saturated heterocycles. The zero-order valence-electron chi connectivity index (χ0n) is 6.76. The minimum Gasteiger partial charge on any atom is -0.366 e. The predicted molar refractivity (Wildman–Crippen MR) is 51.9 cm³/mol. The van der Waals surface area contributed by atoms with Crippen molar-refractivity contribution in [3.63, 3.8) is 0 Å². The molecule has 0 aliphatic heterocycles. The van der Waals surface area contributed by atoms with Gasteiger partial charge in [-0.05, 0) is 6.07 Å². The molecular formula is C8H8Cl2N2O. The van der Waals surface area contributed by atoms with Gasteiger partial charge in [0.05, 0.1) is 17.5 Å². The van der Waals surface area contributed by atoms with Gasteiger partial charge in [-0.3, -0.25) is 9.78 Å². The first-order valence-electron chi connectivity index (χ1n) is 3.59. The molecule has 0 bridgehead atoms. The summed E-state index contributed by atoms with van der Waals surface area (Å²) in [4.78, 5) is 14.9. The second-order valence-electron chi connectivity index (χ2n) is 2.42. The van der Waals surface area contributed by atoms with Gasteiger partial charge in [-0.15, -0.1) is 23.2 Å². The van der Waals surface area contributed by atoms with Crippen molar-refractivity contribution in [1.29, 1.82) is 0 Å². The van der Waals surface area contributed by atoms with Crippen molar-refractivity contribution in [2.24, 2.45) is 5.73 Å². The van der Waals surface area contributed by atoms with Gasteiger partial charge < -0.3 is 5.73 Å². The summed E-state index contributed by atoms with van der Waals surface area (Å²) in [7, 11) is 0. The van der Waals surface area contributed by atoms with Crippen LogP contribution in [0.4, 0.5) is 0 Å². The standard InChI is InChI=1S/C8H8Cl2N2O/c9-3-6-5(8(11)13)1-2-12-7(6)4-10/h1-2H,3-4H2,(H2,11,13). The molecule has 13 heavy (non-hydrogen) atoms. The molecule has 2 N–H and O–H groups in total. The molecule has 70 valence electrons. The average molecular weight is 219 g/mol. The highest BCUT2D eigenvalue weighted by atomic mass is 35.5. The monoisotopic (exact) mass is 218 g/mol. The minimum absolute atomic E-state index is 0.189. The number of halogens is 2. The van der Waals surface area contributed by atoms with Crippen LogP contribution in [-0.2, 0) is 11.8 Å². The Balaban J connectivity index is 3.27. The van der Waals surface area contributed by atoms with Gasteiger partial charge in [0.2, 0.25) is 5.91 Å². The van der Waals surface area contributed by atoms with Crippen LogP contribution < -0.4 is 5.73 Å². The Morgan fingerprint density at radius 3 is 2.62 bits per heavy atom. The zero-order chi connectivity index (χ0) is 9.84. The van der Waals surface area contributed by atoms with E-state index >= 15 is 0 Å². The predicted octanol–water partition coefficient (Wildman–Crippen LogP) is 1.66. The number of carbonyl (C=O) groups excluding carboxylic acids is 1. The number of hydrogen-bond donors (Lipinski definition) is 1. The molecule has 0 aliphatic rings. The van der Waals surface area contributed by atoms with Gasteiger partial charge in [0.25, 0.3) is 0 Å². The number of hydrogen-bond acceptors (Lipinski definition) is 2. The highest BCUT2D eigenvalue weighted by molar-refractivity contribution is 6.19. The van der Waals surface area contributed by atoms with E-state index in [4.69, 9.17) is 28.9 Å². The number of pyridine rings is 1. The normalized spacial score (nSPS) is 10.0. The fourth-order valence-corrected chi connectivity index (χ4v) is 1.56. The number of carbonyl (C=O) groups is 1. The lowest BCUT2D eigenvalue weighted by atomic mass is 10.1. The number of nitrogens with two attached hydrogens (primary N) is 1. The molecule has 0 aliphatic carbocycles. The Hall–Kier alpha value is -0.800. The summed E-state index contributed by atoms with van der Waals surface area (Å²) >= 11 is 11.3. The molecular weight excluding hydrogens is 211 g/mol. The van der Waals surface area contributed by atoms with E-state index in [1.807, 2.05) is 0 Å². The summed E-state index contributed by atoms with van der Waals surface area (Å²) in [5.41, 5.74) is 6.76. The fourth-order valence-electron chi connectivity index (χ4n) is 1.03. The Bertz CT molecular complexity index is 328. The van der Waals surface area contributed by atoms with Crippen molar-refractivity contribution in [2.45, 2.75) is 11.8 Å². The fraction of sp³-hybridized carbons (Fsp3) is 0.250. The lowest BCUT2D eigenvalue weighted by Gasteiger charge is -2.06. The summed E-state index contributed by atoms with van der Waals surface area (Å²) in [5, 5.41) is 0. The maximum atomic E-state index is 10.9. The summed E-state index contributed by atoms with van der Waals surface area (Å²) in [6, 6.07) is 1.54. The second-order valence-corrected chi connectivity index (χ2v) is 2.95. The summed E-state index contributed by atoms with van der Waals surface area (Å²) in [6.45, 7) is 0. The van der Waals surface area contributed by atoms with Gasteiger partial charge in [-0.2, -0.15) is 0 Å². The van der Waals surface area contributed by atoms with Crippen molar-refractivity contribution in [3.8, 4) is 0 Å². The van der Waals surface area contributed by atoms with Crippen molar-refractivity contribution in [1.82, 2.24) is 4.98 Å². The Labute approximate surface area is 85.9 Å². The minimum atomic E-state index is -0.510. The Morgan fingerprint density at radius 2 is 2.15 bits per heavy atom. The summed E-state index contributed by atoms with van der Waals surface area (Å²) in [5.74, 6) is -0.0958. The van der Waals surface area contributed by atoms with Gasteiger partial charge in [0.1, 0.15) is 0 Å². The van der Waals surface area contributed by atoms with Crippen LogP contribution in [0.5, 0.6) is 0 Å². The van der Waals surface area contributed by atoms with Crippen LogP contribution in [0.3, 0.4) is 0 Å². The van der Waals surface area contributed by atoms with Crippen LogP contribution in [0, 0.1) is 0 Å². The number of primary amides is 1. The Morgan fingerprint density at radius 1 is 1.46 bits per heavy atom. The third-order valence-corrected chi connectivity index (χ3v) is 2.19. The van der Waals surface area contributed by atoms with E-state index in [-0.39, 0.29) is 11.8 Å². The van der Waals surface area contributed by atoms with E-state index in [9.17, 15) is 4.79 Å². The highest BCUT2D eigenvalue weighted by Gasteiger charge is 2.11. The molecule has 0 atom stereocenters. The SMILES string of the molecule is NC(=O)c1ccnc(CCl)c1CCl. The molecule has 1 rings (SSSR count). The van der Waals surface area contributed by atoms with Gasteiger partial charge in [0, 0.05) is 17.3 Å². The topological polar surface area (TPSA) is 56.0 Å². The van der Waals surface area contributed by atoms with Crippen molar-refractivity contribution >= 4 is 29.1 Å². The molecule has 1 aromatic rings. The number of rotatable bonds is 3. The molecule has 0 saturated carbocycles. The average Bonchev–Trinajstić information content (AvgIpc) is 2.16. The third-order valence-electron chi connectivity index (χ3n) is 1.67. The Kier molecular flexibility index (Phi) is 3.51. The lowest BCUT2D eigenvalue weighted by Crippen LogP contribution is -2.15. The second kappa shape index (κ2) is 4.44. The molecule has 1 amide bonds. The van der Waals surface area contributed by atoms with E-state index < -0.39 is 5.91 Å².